The van der Waals surface area contributed by atoms with Gasteiger partial charge in [0.1, 0.15) is 12.4 Å². The van der Waals surface area contributed by atoms with Crippen LogP contribution in [0.2, 0.25) is 0 Å². The Balaban J connectivity index is 1.67. The number of nitrogens with zero attached hydrogens (tertiary/aromatic N) is 2. The molecular weight excluding hydrogens is 416 g/mol. The van der Waals surface area contributed by atoms with Crippen LogP contribution in [-0.4, -0.2) is 16.0 Å². The van der Waals surface area contributed by atoms with E-state index in [-0.39, 0.29) is 0 Å². The van der Waals surface area contributed by atoms with Gasteiger partial charge in [-0.1, -0.05) is 51.4 Å². The Morgan fingerprint density at radius 1 is 1.04 bits per heavy atom. The zero-order chi connectivity index (χ0) is 19.5. The summed E-state index contributed by atoms with van der Waals surface area (Å²) in [6.45, 7) is 2.56. The topological polar surface area (TPSA) is 46.8 Å². The molecule has 0 aliphatic heterocycles. The van der Waals surface area contributed by atoms with E-state index in [1.807, 2.05) is 73.7 Å². The van der Waals surface area contributed by atoms with Crippen molar-refractivity contribution in [2.75, 3.05) is 0 Å². The number of hydrogen-bond donors (Lipinski definition) is 1. The van der Waals surface area contributed by atoms with Crippen molar-refractivity contribution >= 4 is 33.0 Å². The summed E-state index contributed by atoms with van der Waals surface area (Å²) >= 11 is 3.52. The fourth-order valence-corrected chi connectivity index (χ4v) is 3.76. The first-order valence-corrected chi connectivity index (χ1v) is 9.72. The molecule has 4 aromatic rings. The van der Waals surface area contributed by atoms with Crippen LogP contribution in [0, 0.1) is 6.92 Å². The van der Waals surface area contributed by atoms with Gasteiger partial charge in [0.15, 0.2) is 0 Å². The van der Waals surface area contributed by atoms with Gasteiger partial charge in [-0.3, -0.25) is 0 Å². The molecule has 0 amide bonds. The molecule has 1 aromatic heterocycles. The van der Waals surface area contributed by atoms with Gasteiger partial charge >= 0.3 is 0 Å². The first kappa shape index (κ1) is 18.3. The van der Waals surface area contributed by atoms with Crippen LogP contribution < -0.4 is 4.74 Å². The Morgan fingerprint density at radius 2 is 1.79 bits per heavy atom. The fraction of sp³-hybridized carbons (Fsp3) is 0.0870. The summed E-state index contributed by atoms with van der Waals surface area (Å²) < 4.78 is 9.02. The average Bonchev–Trinajstić information content (AvgIpc) is 2.99. The van der Waals surface area contributed by atoms with Crippen molar-refractivity contribution in [3.63, 3.8) is 0 Å². The predicted octanol–water partition coefficient (Wildman–Crippen LogP) is 6.09. The number of oxime groups is 1. The molecule has 0 saturated heterocycles. The number of rotatable bonds is 5. The van der Waals surface area contributed by atoms with Crippen LogP contribution in [-0.2, 0) is 6.61 Å². The molecule has 4 rings (SSSR count). The lowest BCUT2D eigenvalue weighted by atomic mass is 10.1. The fourth-order valence-electron chi connectivity index (χ4n) is 3.40. The molecule has 1 heterocycles. The number of hydrogen-bond acceptors (Lipinski definition) is 3. The Kier molecular flexibility index (Phi) is 5.17. The molecule has 5 heteroatoms. The Hall–Kier alpha value is -3.05. The minimum absolute atomic E-state index is 0.538. The first-order chi connectivity index (χ1) is 13.7. The van der Waals surface area contributed by atoms with Crippen LogP contribution >= 0.6 is 15.9 Å². The van der Waals surface area contributed by atoms with Crippen molar-refractivity contribution in [1.29, 1.82) is 0 Å². The van der Waals surface area contributed by atoms with Gasteiger partial charge in [0.25, 0.3) is 0 Å². The van der Waals surface area contributed by atoms with Gasteiger partial charge in [-0.15, -0.1) is 0 Å². The van der Waals surface area contributed by atoms with E-state index in [0.29, 0.717) is 6.61 Å². The summed E-state index contributed by atoms with van der Waals surface area (Å²) in [5, 5.41) is 13.3. The SMILES string of the molecule is Cc1c(C=NO)c2cc(Br)ccc2n1-c1ccc(OCc2ccccc2)cc1. The average molecular weight is 435 g/mol. The largest absolute Gasteiger partial charge is 0.489 e. The Morgan fingerprint density at radius 3 is 2.50 bits per heavy atom. The molecule has 0 radical (unpaired) electrons. The highest BCUT2D eigenvalue weighted by molar-refractivity contribution is 9.10. The van der Waals surface area contributed by atoms with Gasteiger partial charge in [-0.2, -0.15) is 0 Å². The number of fused-ring (bicyclic) bond motifs is 1. The second-order valence-corrected chi connectivity index (χ2v) is 7.42. The van der Waals surface area contributed by atoms with Gasteiger partial charge in [0.05, 0.1) is 11.7 Å². The minimum Gasteiger partial charge on any atom is -0.489 e. The molecule has 0 unspecified atom stereocenters. The molecule has 0 fully saturated rings. The number of benzene rings is 3. The molecule has 0 spiro atoms. The van der Waals surface area contributed by atoms with E-state index in [1.54, 1.807) is 0 Å². The molecule has 0 saturated carbocycles. The van der Waals surface area contributed by atoms with E-state index >= 15 is 0 Å². The third-order valence-corrected chi connectivity index (χ3v) is 5.24. The second-order valence-electron chi connectivity index (χ2n) is 6.51. The normalized spacial score (nSPS) is 11.4. The van der Waals surface area contributed by atoms with E-state index in [1.165, 1.54) is 6.21 Å². The summed E-state index contributed by atoms with van der Waals surface area (Å²) in [6, 6.07) is 24.2. The van der Waals surface area contributed by atoms with Crippen LogP contribution in [0.3, 0.4) is 0 Å². The number of aromatic nitrogens is 1. The van der Waals surface area contributed by atoms with Crippen molar-refractivity contribution in [2.24, 2.45) is 5.16 Å². The summed E-state index contributed by atoms with van der Waals surface area (Å²) in [5.41, 5.74) is 5.10. The maximum atomic E-state index is 9.07. The van der Waals surface area contributed by atoms with Crippen LogP contribution in [0.25, 0.3) is 16.6 Å². The summed E-state index contributed by atoms with van der Waals surface area (Å²) in [7, 11) is 0. The molecule has 0 aliphatic carbocycles. The van der Waals surface area contributed by atoms with E-state index in [4.69, 9.17) is 9.94 Å². The van der Waals surface area contributed by atoms with E-state index in [0.717, 1.165) is 43.6 Å². The number of ether oxygens (including phenoxy) is 1. The molecule has 140 valence electrons. The quantitative estimate of drug-likeness (QED) is 0.234. The molecule has 4 nitrogen and oxygen atoms in total. The van der Waals surface area contributed by atoms with Crippen molar-refractivity contribution < 1.29 is 9.94 Å². The first-order valence-electron chi connectivity index (χ1n) is 8.92. The molecule has 3 aromatic carbocycles. The van der Waals surface area contributed by atoms with Crippen LogP contribution in [0.15, 0.2) is 82.4 Å². The summed E-state index contributed by atoms with van der Waals surface area (Å²) in [4.78, 5) is 0. The van der Waals surface area contributed by atoms with Crippen LogP contribution in [0.5, 0.6) is 5.75 Å². The summed E-state index contributed by atoms with van der Waals surface area (Å²) in [5.74, 6) is 0.821. The van der Waals surface area contributed by atoms with E-state index < -0.39 is 0 Å². The standard InChI is InChI=1S/C23H19BrN2O2/c1-16-22(14-25-27)21-13-18(24)7-12-23(21)26(16)19-8-10-20(11-9-19)28-15-17-5-3-2-4-6-17/h2-14,27H,15H2,1H3. The number of halogens is 1. The zero-order valence-corrected chi connectivity index (χ0v) is 16.9. The third kappa shape index (κ3) is 3.53. The van der Waals surface area contributed by atoms with Gasteiger partial charge in [0.2, 0.25) is 0 Å². The second kappa shape index (κ2) is 7.90. The maximum absolute atomic E-state index is 9.07. The highest BCUT2D eigenvalue weighted by atomic mass is 79.9. The van der Waals surface area contributed by atoms with Gasteiger partial charge in [-0.25, -0.2) is 0 Å². The third-order valence-electron chi connectivity index (χ3n) is 4.74. The monoisotopic (exact) mass is 434 g/mol. The predicted molar refractivity (Wildman–Crippen MR) is 116 cm³/mol. The molecule has 1 N–H and O–H groups in total. The van der Waals surface area contributed by atoms with E-state index in [9.17, 15) is 0 Å². The lowest BCUT2D eigenvalue weighted by molar-refractivity contribution is 0.306. The maximum Gasteiger partial charge on any atom is 0.119 e. The Bertz CT molecular complexity index is 1130. The Labute approximate surface area is 171 Å². The zero-order valence-electron chi connectivity index (χ0n) is 15.3. The molecular formula is C23H19BrN2O2. The van der Waals surface area contributed by atoms with Crippen molar-refractivity contribution in [3.8, 4) is 11.4 Å². The van der Waals surface area contributed by atoms with Crippen molar-refractivity contribution in [2.45, 2.75) is 13.5 Å². The van der Waals surface area contributed by atoms with E-state index in [2.05, 4.69) is 31.7 Å². The van der Waals surface area contributed by atoms with Crippen molar-refractivity contribution in [3.05, 3.63) is 94.1 Å². The highest BCUT2D eigenvalue weighted by Gasteiger charge is 2.14. The van der Waals surface area contributed by atoms with Crippen LogP contribution in [0.1, 0.15) is 16.8 Å². The van der Waals surface area contributed by atoms with Crippen molar-refractivity contribution in [1.82, 2.24) is 4.57 Å². The molecule has 0 aliphatic rings. The minimum atomic E-state index is 0.538. The summed E-state index contributed by atoms with van der Waals surface area (Å²) in [6.07, 6.45) is 1.48. The smallest absolute Gasteiger partial charge is 0.119 e. The van der Waals surface area contributed by atoms with Gasteiger partial charge < -0.3 is 14.5 Å². The van der Waals surface area contributed by atoms with Crippen LogP contribution in [0.4, 0.5) is 0 Å². The molecule has 28 heavy (non-hydrogen) atoms. The van der Waals surface area contributed by atoms with Gasteiger partial charge in [0, 0.05) is 26.8 Å². The lowest BCUT2D eigenvalue weighted by Gasteiger charge is -2.11. The lowest BCUT2D eigenvalue weighted by Crippen LogP contribution is -1.99. The molecule has 0 atom stereocenters. The highest BCUT2D eigenvalue weighted by Crippen LogP contribution is 2.31. The van der Waals surface area contributed by atoms with Gasteiger partial charge in [-0.05, 0) is 55.0 Å². The molecule has 0 bridgehead atoms.